The summed E-state index contributed by atoms with van der Waals surface area (Å²) in [5.41, 5.74) is -0.117. The molecule has 1 amide bonds. The molecule has 98 valence electrons. The smallest absolute Gasteiger partial charge is 0.326 e. The number of rotatable bonds is 4. The second kappa shape index (κ2) is 4.00. The second-order valence-corrected chi connectivity index (χ2v) is 6.44. The maximum absolute atomic E-state index is 12.1. The van der Waals surface area contributed by atoms with Gasteiger partial charge >= 0.3 is 5.97 Å². The van der Waals surface area contributed by atoms with Crippen molar-refractivity contribution in [1.82, 2.24) is 5.32 Å². The average molecular weight is 241 g/mol. The van der Waals surface area contributed by atoms with Crippen LogP contribution in [0.15, 0.2) is 0 Å². The summed E-state index contributed by atoms with van der Waals surface area (Å²) in [6.45, 7) is 11.8. The molecule has 1 atom stereocenters. The Labute approximate surface area is 103 Å². The van der Waals surface area contributed by atoms with Gasteiger partial charge in [-0.25, -0.2) is 4.79 Å². The van der Waals surface area contributed by atoms with Crippen LogP contribution in [0.3, 0.4) is 0 Å². The van der Waals surface area contributed by atoms with Gasteiger partial charge in [-0.1, -0.05) is 41.5 Å². The minimum atomic E-state index is -0.968. The monoisotopic (exact) mass is 241 g/mol. The molecule has 1 saturated carbocycles. The van der Waals surface area contributed by atoms with Gasteiger partial charge in [-0.3, -0.25) is 4.79 Å². The lowest BCUT2D eigenvalue weighted by atomic mass is 10.0. The van der Waals surface area contributed by atoms with Crippen LogP contribution in [-0.4, -0.2) is 23.0 Å². The lowest BCUT2D eigenvalue weighted by Gasteiger charge is -2.18. The number of aliphatic carboxylic acids is 1. The normalized spacial score (nSPS) is 23.2. The minimum absolute atomic E-state index is 0.0584. The Kier molecular flexibility index (Phi) is 3.29. The van der Waals surface area contributed by atoms with Gasteiger partial charge in [-0.15, -0.1) is 0 Å². The first-order valence-electron chi connectivity index (χ1n) is 6.06. The number of carbonyl (C=O) groups is 2. The van der Waals surface area contributed by atoms with E-state index >= 15 is 0 Å². The van der Waals surface area contributed by atoms with E-state index in [2.05, 4.69) is 5.32 Å². The van der Waals surface area contributed by atoms with Crippen LogP contribution in [0.1, 0.15) is 41.5 Å². The largest absolute Gasteiger partial charge is 0.480 e. The van der Waals surface area contributed by atoms with Crippen LogP contribution < -0.4 is 5.32 Å². The predicted octanol–water partition coefficient (Wildman–Crippen LogP) is 1.89. The first-order valence-corrected chi connectivity index (χ1v) is 6.06. The van der Waals surface area contributed by atoms with Crippen LogP contribution in [0.5, 0.6) is 0 Å². The SMILES string of the molecule is CC(C)[C@H](NC(=O)C1C(C)(C)C1(C)C)C(=O)O. The number of hydrogen-bond acceptors (Lipinski definition) is 2. The quantitative estimate of drug-likeness (QED) is 0.790. The third-order valence-corrected chi connectivity index (χ3v) is 4.51. The number of amides is 1. The first kappa shape index (κ1) is 14.0. The topological polar surface area (TPSA) is 66.4 Å². The first-order chi connectivity index (χ1) is 7.53. The number of nitrogens with one attached hydrogen (secondary N) is 1. The van der Waals surface area contributed by atoms with E-state index in [9.17, 15) is 9.59 Å². The zero-order valence-corrected chi connectivity index (χ0v) is 11.5. The molecule has 1 rings (SSSR count). The molecule has 0 aromatic carbocycles. The molecule has 2 N–H and O–H groups in total. The van der Waals surface area contributed by atoms with Gasteiger partial charge in [0.25, 0.3) is 0 Å². The van der Waals surface area contributed by atoms with Crippen LogP contribution in [0.4, 0.5) is 0 Å². The molecular weight excluding hydrogens is 218 g/mol. The van der Waals surface area contributed by atoms with Crippen LogP contribution in [0.2, 0.25) is 0 Å². The second-order valence-electron chi connectivity index (χ2n) is 6.44. The molecule has 0 bridgehead atoms. The molecule has 1 fully saturated rings. The van der Waals surface area contributed by atoms with Crippen LogP contribution >= 0.6 is 0 Å². The summed E-state index contributed by atoms with van der Waals surface area (Å²) in [7, 11) is 0. The molecule has 0 spiro atoms. The van der Waals surface area contributed by atoms with Gasteiger partial charge < -0.3 is 10.4 Å². The Morgan fingerprint density at radius 1 is 1.12 bits per heavy atom. The van der Waals surface area contributed by atoms with E-state index in [1.807, 2.05) is 27.7 Å². The summed E-state index contributed by atoms with van der Waals surface area (Å²) < 4.78 is 0. The molecule has 0 aliphatic heterocycles. The van der Waals surface area contributed by atoms with Gasteiger partial charge in [0, 0.05) is 5.92 Å². The molecule has 0 heterocycles. The van der Waals surface area contributed by atoms with E-state index in [-0.39, 0.29) is 28.6 Å². The predicted molar refractivity (Wildman–Crippen MR) is 65.5 cm³/mol. The van der Waals surface area contributed by atoms with Gasteiger partial charge in [0.05, 0.1) is 0 Å². The maximum atomic E-state index is 12.1. The molecule has 4 nitrogen and oxygen atoms in total. The van der Waals surface area contributed by atoms with Crippen molar-refractivity contribution in [3.8, 4) is 0 Å². The summed E-state index contributed by atoms with van der Waals surface area (Å²) in [6.07, 6.45) is 0. The standard InChI is InChI=1S/C13H23NO3/c1-7(2)8(11(16)17)14-10(15)9-12(3,4)13(9,5)6/h7-9H,1-6H3,(H,14,15)(H,16,17)/t8-/m0/s1. The van der Waals surface area contributed by atoms with E-state index in [1.165, 1.54) is 0 Å². The fraction of sp³-hybridized carbons (Fsp3) is 0.846. The molecule has 0 unspecified atom stereocenters. The van der Waals surface area contributed by atoms with Crippen molar-refractivity contribution in [2.75, 3.05) is 0 Å². The molecule has 17 heavy (non-hydrogen) atoms. The Morgan fingerprint density at radius 2 is 1.53 bits per heavy atom. The van der Waals surface area contributed by atoms with E-state index in [1.54, 1.807) is 13.8 Å². The molecule has 0 radical (unpaired) electrons. The Bertz CT molecular complexity index is 331. The van der Waals surface area contributed by atoms with E-state index < -0.39 is 12.0 Å². The number of carbonyl (C=O) groups excluding carboxylic acids is 1. The van der Waals surface area contributed by atoms with Crippen LogP contribution in [0.25, 0.3) is 0 Å². The highest BCUT2D eigenvalue weighted by Crippen LogP contribution is 2.68. The Morgan fingerprint density at radius 3 is 1.76 bits per heavy atom. The summed E-state index contributed by atoms with van der Waals surface area (Å²) in [6, 6.07) is -0.797. The van der Waals surface area contributed by atoms with Crippen molar-refractivity contribution in [1.29, 1.82) is 0 Å². The zero-order chi connectivity index (χ0) is 13.6. The van der Waals surface area contributed by atoms with Crippen molar-refractivity contribution in [2.24, 2.45) is 22.7 Å². The van der Waals surface area contributed by atoms with Gasteiger partial charge in [-0.2, -0.15) is 0 Å². The van der Waals surface area contributed by atoms with Crippen molar-refractivity contribution in [3.63, 3.8) is 0 Å². The lowest BCUT2D eigenvalue weighted by Crippen LogP contribution is -2.45. The summed E-state index contributed by atoms with van der Waals surface area (Å²) in [4.78, 5) is 23.1. The third-order valence-electron chi connectivity index (χ3n) is 4.51. The molecule has 4 heteroatoms. The molecular formula is C13H23NO3. The van der Waals surface area contributed by atoms with Crippen molar-refractivity contribution in [3.05, 3.63) is 0 Å². The number of hydrogen-bond donors (Lipinski definition) is 2. The summed E-state index contributed by atoms with van der Waals surface area (Å²) in [5, 5.41) is 11.7. The molecule has 1 aliphatic rings. The van der Waals surface area contributed by atoms with Crippen molar-refractivity contribution < 1.29 is 14.7 Å². The molecule has 0 aromatic heterocycles. The van der Waals surface area contributed by atoms with Crippen molar-refractivity contribution in [2.45, 2.75) is 47.6 Å². The van der Waals surface area contributed by atoms with Gasteiger partial charge in [0.1, 0.15) is 6.04 Å². The molecule has 0 saturated heterocycles. The number of carboxylic acids is 1. The van der Waals surface area contributed by atoms with Gasteiger partial charge in [-0.05, 0) is 16.7 Å². The molecule has 1 aliphatic carbocycles. The highest BCUT2D eigenvalue weighted by atomic mass is 16.4. The lowest BCUT2D eigenvalue weighted by molar-refractivity contribution is -0.143. The maximum Gasteiger partial charge on any atom is 0.326 e. The van der Waals surface area contributed by atoms with Crippen LogP contribution in [-0.2, 0) is 9.59 Å². The Hall–Kier alpha value is -1.06. The fourth-order valence-corrected chi connectivity index (χ4v) is 2.60. The zero-order valence-electron chi connectivity index (χ0n) is 11.5. The highest BCUT2D eigenvalue weighted by molar-refractivity contribution is 5.88. The minimum Gasteiger partial charge on any atom is -0.480 e. The Balaban J connectivity index is 2.72. The summed E-state index contributed by atoms with van der Waals surface area (Å²) >= 11 is 0. The van der Waals surface area contributed by atoms with Gasteiger partial charge in [0.2, 0.25) is 5.91 Å². The van der Waals surface area contributed by atoms with E-state index in [0.717, 1.165) is 0 Å². The number of carboxylic acid groups (broad SMARTS) is 1. The highest BCUT2D eigenvalue weighted by Gasteiger charge is 2.68. The summed E-state index contributed by atoms with van der Waals surface area (Å²) in [5.74, 6) is -1.32. The third kappa shape index (κ3) is 2.17. The van der Waals surface area contributed by atoms with E-state index in [4.69, 9.17) is 5.11 Å². The fourth-order valence-electron chi connectivity index (χ4n) is 2.60. The average Bonchev–Trinajstić information content (AvgIpc) is 2.52. The van der Waals surface area contributed by atoms with Crippen molar-refractivity contribution >= 4 is 11.9 Å². The van der Waals surface area contributed by atoms with E-state index in [0.29, 0.717) is 0 Å². The van der Waals surface area contributed by atoms with Gasteiger partial charge in [0.15, 0.2) is 0 Å². The van der Waals surface area contributed by atoms with Crippen LogP contribution in [0, 0.1) is 22.7 Å². The molecule has 0 aromatic rings.